The first-order valence-electron chi connectivity index (χ1n) is 14.8. The smallest absolute Gasteiger partial charge is 0.306 e. The zero-order chi connectivity index (χ0) is 27.2. The van der Waals surface area contributed by atoms with Crippen LogP contribution in [0.1, 0.15) is 76.2 Å². The first kappa shape index (κ1) is 28.1. The molecule has 1 aromatic heterocycles. The molecule has 2 N–H and O–H groups in total. The van der Waals surface area contributed by atoms with Crippen molar-refractivity contribution in [3.63, 3.8) is 0 Å². The van der Waals surface area contributed by atoms with E-state index in [1.165, 1.54) is 32.1 Å². The maximum Gasteiger partial charge on any atom is 0.306 e. The summed E-state index contributed by atoms with van der Waals surface area (Å²) < 4.78 is 1.99. The highest BCUT2D eigenvalue weighted by Crippen LogP contribution is 2.47. The van der Waals surface area contributed by atoms with Crippen LogP contribution in [0.15, 0.2) is 36.9 Å². The number of carboxylic acid groups (broad SMARTS) is 1. The maximum atomic E-state index is 14.0. The Labute approximate surface area is 236 Å². The summed E-state index contributed by atoms with van der Waals surface area (Å²) >= 11 is 6.12. The first-order chi connectivity index (χ1) is 18.9. The van der Waals surface area contributed by atoms with Crippen molar-refractivity contribution in [1.82, 2.24) is 25.0 Å². The first-order valence-corrected chi connectivity index (χ1v) is 15.1. The molecule has 3 aliphatic rings. The van der Waals surface area contributed by atoms with E-state index >= 15 is 0 Å². The summed E-state index contributed by atoms with van der Waals surface area (Å²) in [4.78, 5) is 31.7. The maximum absolute atomic E-state index is 14.0. The van der Waals surface area contributed by atoms with Crippen LogP contribution >= 0.6 is 11.6 Å². The third kappa shape index (κ3) is 7.01. The van der Waals surface area contributed by atoms with E-state index in [4.69, 9.17) is 11.6 Å². The van der Waals surface area contributed by atoms with Crippen molar-refractivity contribution in [2.24, 2.45) is 17.3 Å². The number of halogens is 1. The average Bonchev–Trinajstić information content (AvgIpc) is 3.47. The molecule has 2 saturated carbocycles. The second kappa shape index (κ2) is 12.8. The predicted octanol–water partition coefficient (Wildman–Crippen LogP) is 4.96. The number of rotatable bonds is 9. The number of piperidine rings is 1. The molecule has 0 radical (unpaired) electrons. The largest absolute Gasteiger partial charge is 0.481 e. The number of nitrogens with zero attached hydrogens (tertiary/aromatic N) is 4. The molecule has 2 heterocycles. The van der Waals surface area contributed by atoms with Gasteiger partial charge in [0.2, 0.25) is 5.91 Å². The molecule has 1 aromatic carbocycles. The molecular formula is C30H42ClN5O3. The summed E-state index contributed by atoms with van der Waals surface area (Å²) in [5, 5.41) is 18.2. The topological polar surface area (TPSA) is 100 Å². The minimum atomic E-state index is -0.706. The Morgan fingerprint density at radius 2 is 1.72 bits per heavy atom. The minimum absolute atomic E-state index is 0.152. The second-order valence-corrected chi connectivity index (χ2v) is 12.5. The van der Waals surface area contributed by atoms with Gasteiger partial charge in [-0.15, -0.1) is 0 Å². The molecule has 0 spiro atoms. The van der Waals surface area contributed by atoms with E-state index in [0.717, 1.165) is 50.9 Å². The summed E-state index contributed by atoms with van der Waals surface area (Å²) in [6.45, 7) is 2.39. The van der Waals surface area contributed by atoms with Crippen molar-refractivity contribution < 1.29 is 14.7 Å². The predicted molar refractivity (Wildman–Crippen MR) is 150 cm³/mol. The lowest BCUT2D eigenvalue weighted by Crippen LogP contribution is -2.55. The number of aromatic nitrogens is 3. The number of carbonyl (C=O) groups excluding carboxylic acids is 1. The van der Waals surface area contributed by atoms with E-state index in [0.29, 0.717) is 30.2 Å². The van der Waals surface area contributed by atoms with Crippen LogP contribution in [0.5, 0.6) is 0 Å². The average molecular weight is 556 g/mol. The fraction of sp³-hybridized carbons (Fsp3) is 0.667. The third-order valence-electron chi connectivity index (χ3n) is 9.65. The van der Waals surface area contributed by atoms with Crippen LogP contribution in [0.25, 0.3) is 0 Å². The molecule has 2 aromatic rings. The van der Waals surface area contributed by atoms with Gasteiger partial charge >= 0.3 is 5.97 Å². The number of nitrogens with one attached hydrogen (secondary N) is 1. The Balaban J connectivity index is 1.28. The van der Waals surface area contributed by atoms with E-state index in [-0.39, 0.29) is 29.3 Å². The number of carbonyl (C=O) groups is 2. The number of hydrogen-bond acceptors (Lipinski definition) is 5. The Morgan fingerprint density at radius 1 is 1.03 bits per heavy atom. The van der Waals surface area contributed by atoms with Gasteiger partial charge in [0.1, 0.15) is 12.7 Å². The number of hydrogen-bond donors (Lipinski definition) is 2. The molecule has 2 aliphatic carbocycles. The van der Waals surface area contributed by atoms with Crippen molar-refractivity contribution in [3.8, 4) is 0 Å². The van der Waals surface area contributed by atoms with Gasteiger partial charge in [-0.25, -0.2) is 4.98 Å². The van der Waals surface area contributed by atoms with Crippen molar-refractivity contribution >= 4 is 23.5 Å². The van der Waals surface area contributed by atoms with E-state index < -0.39 is 5.97 Å². The molecule has 1 aliphatic heterocycles. The molecule has 9 heteroatoms. The summed E-state index contributed by atoms with van der Waals surface area (Å²) in [7, 11) is 0. The van der Waals surface area contributed by atoms with Crippen LogP contribution in [0.4, 0.5) is 0 Å². The number of amides is 1. The summed E-state index contributed by atoms with van der Waals surface area (Å²) in [5.41, 5.74) is 1.23. The molecule has 39 heavy (non-hydrogen) atoms. The number of benzene rings is 1. The molecule has 1 saturated heterocycles. The summed E-state index contributed by atoms with van der Waals surface area (Å²) in [5.74, 6) is -0.153. The van der Waals surface area contributed by atoms with Crippen LogP contribution in [-0.4, -0.2) is 61.8 Å². The van der Waals surface area contributed by atoms with Crippen LogP contribution in [0.2, 0.25) is 5.02 Å². The Morgan fingerprint density at radius 3 is 2.33 bits per heavy atom. The summed E-state index contributed by atoms with van der Waals surface area (Å²) in [6.07, 6.45) is 15.3. The number of likely N-dealkylation sites (tertiary alicyclic amines) is 1. The zero-order valence-electron chi connectivity index (χ0n) is 22.8. The molecule has 1 amide bonds. The molecule has 3 fully saturated rings. The van der Waals surface area contributed by atoms with Gasteiger partial charge in [-0.3, -0.25) is 14.3 Å². The monoisotopic (exact) mass is 555 g/mol. The van der Waals surface area contributed by atoms with Gasteiger partial charge in [-0.1, -0.05) is 43.0 Å². The van der Waals surface area contributed by atoms with Gasteiger partial charge in [0.25, 0.3) is 0 Å². The molecule has 5 rings (SSSR count). The Kier molecular flexibility index (Phi) is 9.23. The normalized spacial score (nSPS) is 24.8. The lowest BCUT2D eigenvalue weighted by molar-refractivity contribution is -0.143. The van der Waals surface area contributed by atoms with E-state index in [1.807, 2.05) is 35.3 Å². The van der Waals surface area contributed by atoms with E-state index in [1.54, 1.807) is 6.33 Å². The minimum Gasteiger partial charge on any atom is -0.481 e. The van der Waals surface area contributed by atoms with Gasteiger partial charge in [0.15, 0.2) is 0 Å². The SMILES string of the molecule is O=C([C@@H](Cc1ccc(Cl)cc1)N[C@H]1CC[C@H](C(=O)O)CC1)N1CCC(Cn2cncn2)(C2CCCCC2)CC1. The van der Waals surface area contributed by atoms with Gasteiger partial charge in [-0.05, 0) is 86.8 Å². The fourth-order valence-corrected chi connectivity index (χ4v) is 7.43. The lowest BCUT2D eigenvalue weighted by Gasteiger charge is -2.48. The van der Waals surface area contributed by atoms with Crippen molar-refractivity contribution in [2.75, 3.05) is 13.1 Å². The fourth-order valence-electron chi connectivity index (χ4n) is 7.31. The van der Waals surface area contributed by atoms with E-state index in [2.05, 4.69) is 20.3 Å². The number of aliphatic carboxylic acids is 1. The third-order valence-corrected chi connectivity index (χ3v) is 9.90. The Bertz CT molecular complexity index is 1070. The van der Waals surface area contributed by atoms with Crippen molar-refractivity contribution in [3.05, 3.63) is 47.5 Å². The molecular weight excluding hydrogens is 514 g/mol. The Hall–Kier alpha value is -2.45. The van der Waals surface area contributed by atoms with E-state index in [9.17, 15) is 14.7 Å². The van der Waals surface area contributed by atoms with Crippen LogP contribution in [0.3, 0.4) is 0 Å². The van der Waals surface area contributed by atoms with Gasteiger partial charge < -0.3 is 15.3 Å². The quantitative estimate of drug-likeness (QED) is 0.453. The molecule has 0 bridgehead atoms. The molecule has 1 atom stereocenters. The standard InChI is InChI=1S/C30H42ClN5O3/c31-25-10-6-22(7-11-25)18-27(34-26-12-8-23(9-13-26)29(38)39)28(37)35-16-14-30(15-17-35,19-36-21-32-20-33-36)24-4-2-1-3-5-24/h6-7,10-11,20-21,23-24,26-27,34H,1-5,8-9,12-19H2,(H,38,39)/t23-,26-,27-/m1/s1. The van der Waals surface area contributed by atoms with Gasteiger partial charge in [-0.2, -0.15) is 5.10 Å². The highest BCUT2D eigenvalue weighted by molar-refractivity contribution is 6.30. The highest BCUT2D eigenvalue weighted by Gasteiger charge is 2.44. The van der Waals surface area contributed by atoms with Crippen LogP contribution in [0, 0.1) is 17.3 Å². The molecule has 212 valence electrons. The summed E-state index contributed by atoms with van der Waals surface area (Å²) in [6, 6.07) is 7.55. The zero-order valence-corrected chi connectivity index (χ0v) is 23.6. The number of carboxylic acids is 1. The van der Waals surface area contributed by atoms with Crippen LogP contribution < -0.4 is 5.32 Å². The van der Waals surface area contributed by atoms with Crippen molar-refractivity contribution in [1.29, 1.82) is 0 Å². The second-order valence-electron chi connectivity index (χ2n) is 12.1. The lowest BCUT2D eigenvalue weighted by atomic mass is 9.63. The molecule has 8 nitrogen and oxygen atoms in total. The highest BCUT2D eigenvalue weighted by atomic mass is 35.5. The molecule has 0 unspecified atom stereocenters. The van der Waals surface area contributed by atoms with Crippen LogP contribution in [-0.2, 0) is 22.6 Å². The van der Waals surface area contributed by atoms with Gasteiger partial charge in [0, 0.05) is 30.7 Å². The van der Waals surface area contributed by atoms with Gasteiger partial charge in [0.05, 0.1) is 12.0 Å². The van der Waals surface area contributed by atoms with Crippen molar-refractivity contribution in [2.45, 2.75) is 95.7 Å².